The van der Waals surface area contributed by atoms with Gasteiger partial charge in [0.1, 0.15) is 5.75 Å². The van der Waals surface area contributed by atoms with Gasteiger partial charge in [0.25, 0.3) is 5.91 Å². The first-order valence-corrected chi connectivity index (χ1v) is 6.85. The first-order valence-electron chi connectivity index (χ1n) is 6.85. The summed E-state index contributed by atoms with van der Waals surface area (Å²) in [7, 11) is 0. The summed E-state index contributed by atoms with van der Waals surface area (Å²) in [6.07, 6.45) is 1.37. The van der Waals surface area contributed by atoms with Gasteiger partial charge in [0, 0.05) is 0 Å². The summed E-state index contributed by atoms with van der Waals surface area (Å²) in [6.45, 7) is -0.229. The number of benzene rings is 2. The van der Waals surface area contributed by atoms with E-state index in [2.05, 4.69) is 10.5 Å². The molecule has 120 valence electrons. The number of nitrogens with one attached hydrogen (secondary N) is 1. The molecule has 0 unspecified atom stereocenters. The Labute approximate surface area is 137 Å². The van der Waals surface area contributed by atoms with E-state index in [4.69, 9.17) is 10.00 Å². The smallest absolute Gasteiger partial charge is 0.277 e. The fraction of sp³-hybridized carbons (Fsp3) is 0.0588. The highest BCUT2D eigenvalue weighted by molar-refractivity contribution is 5.88. The van der Waals surface area contributed by atoms with Gasteiger partial charge < -0.3 is 14.6 Å². The number of ether oxygens (including phenoxy) is 1. The Balaban J connectivity index is 1.79. The van der Waals surface area contributed by atoms with Crippen LogP contribution in [0.1, 0.15) is 21.5 Å². The van der Waals surface area contributed by atoms with Gasteiger partial charge in [-0.15, -0.1) is 0 Å². The fourth-order valence-corrected chi connectivity index (χ4v) is 1.69. The quantitative estimate of drug-likeness (QED) is 0.612. The molecule has 24 heavy (non-hydrogen) atoms. The van der Waals surface area contributed by atoms with Crippen molar-refractivity contribution in [3.05, 3.63) is 65.2 Å². The first kappa shape index (κ1) is 16.7. The Morgan fingerprint density at radius 3 is 2.42 bits per heavy atom. The van der Waals surface area contributed by atoms with E-state index in [1.165, 1.54) is 30.5 Å². The second-order valence-electron chi connectivity index (χ2n) is 4.63. The lowest BCUT2D eigenvalue weighted by atomic mass is 10.1. The lowest BCUT2D eigenvalue weighted by Gasteiger charge is -2.04. The van der Waals surface area contributed by atoms with Crippen LogP contribution in [0, 0.1) is 11.3 Å². The van der Waals surface area contributed by atoms with Crippen molar-refractivity contribution in [2.24, 2.45) is 5.10 Å². The Morgan fingerprint density at radius 1 is 1.17 bits per heavy atom. The van der Waals surface area contributed by atoms with Crippen molar-refractivity contribution in [1.82, 2.24) is 5.43 Å². The minimum absolute atomic E-state index is 0.0620. The van der Waals surface area contributed by atoms with Gasteiger partial charge in [0.05, 0.1) is 23.8 Å². The fourth-order valence-electron chi connectivity index (χ4n) is 1.69. The summed E-state index contributed by atoms with van der Waals surface area (Å²) in [5, 5.41) is 23.0. The van der Waals surface area contributed by atoms with E-state index in [0.29, 0.717) is 16.9 Å². The molecule has 0 bridgehead atoms. The zero-order chi connectivity index (χ0) is 17.4. The van der Waals surface area contributed by atoms with Gasteiger partial charge in [-0.25, -0.2) is 5.43 Å². The molecule has 0 fully saturated rings. The van der Waals surface area contributed by atoms with Gasteiger partial charge in [-0.1, -0.05) is 24.3 Å². The normalized spacial score (nSPS) is 10.1. The van der Waals surface area contributed by atoms with Crippen molar-refractivity contribution in [2.45, 2.75) is 0 Å². The van der Waals surface area contributed by atoms with E-state index in [1.807, 2.05) is 6.07 Å². The van der Waals surface area contributed by atoms with Crippen LogP contribution >= 0.6 is 0 Å². The third-order valence-corrected chi connectivity index (χ3v) is 2.90. The van der Waals surface area contributed by atoms with E-state index in [1.54, 1.807) is 24.3 Å². The van der Waals surface area contributed by atoms with Crippen LogP contribution in [-0.4, -0.2) is 24.7 Å². The zero-order valence-electron chi connectivity index (χ0n) is 12.4. The molecular formula is C17H12N3O4-. The van der Waals surface area contributed by atoms with E-state index in [0.717, 1.165) is 0 Å². The molecule has 1 amide bonds. The van der Waals surface area contributed by atoms with Crippen LogP contribution in [0.5, 0.6) is 5.75 Å². The zero-order valence-corrected chi connectivity index (χ0v) is 12.4. The molecule has 0 saturated carbocycles. The van der Waals surface area contributed by atoms with Gasteiger partial charge in [-0.3, -0.25) is 4.79 Å². The molecule has 0 aliphatic carbocycles. The molecule has 0 aromatic heterocycles. The number of amides is 1. The molecule has 2 rings (SSSR count). The average molecular weight is 322 g/mol. The Kier molecular flexibility index (Phi) is 5.64. The van der Waals surface area contributed by atoms with Gasteiger partial charge >= 0.3 is 0 Å². The standard InChI is InChI=1S/C17H13N3O4/c18-9-12-3-7-15(8-4-12)24-11-16(21)20-19-10-13-1-5-14(6-2-13)17(22)23/h1-8,10H,11H2,(H,20,21)(H,22,23)/p-1/b19-10-. The second kappa shape index (κ2) is 8.10. The van der Waals surface area contributed by atoms with Crippen molar-refractivity contribution in [1.29, 1.82) is 5.26 Å². The molecule has 0 spiro atoms. The van der Waals surface area contributed by atoms with Gasteiger partial charge in [-0.2, -0.15) is 10.4 Å². The van der Waals surface area contributed by atoms with Crippen molar-refractivity contribution in [3.8, 4) is 11.8 Å². The third kappa shape index (κ3) is 4.96. The molecule has 1 N–H and O–H groups in total. The number of rotatable bonds is 6. The summed E-state index contributed by atoms with van der Waals surface area (Å²) < 4.78 is 5.24. The number of carboxylic acids is 1. The molecule has 0 aliphatic rings. The molecule has 0 aliphatic heterocycles. The molecule has 7 heteroatoms. The molecule has 2 aromatic carbocycles. The number of nitrogens with zero attached hydrogens (tertiary/aromatic N) is 2. The van der Waals surface area contributed by atoms with E-state index in [-0.39, 0.29) is 12.2 Å². The SMILES string of the molecule is N#Cc1ccc(OCC(=O)N/N=C\c2ccc(C(=O)[O-])cc2)cc1. The van der Waals surface area contributed by atoms with E-state index >= 15 is 0 Å². The lowest BCUT2D eigenvalue weighted by Crippen LogP contribution is -2.24. The van der Waals surface area contributed by atoms with Gasteiger partial charge in [0.15, 0.2) is 6.61 Å². The number of hydrazone groups is 1. The largest absolute Gasteiger partial charge is 0.545 e. The number of aromatic carboxylic acids is 1. The molecule has 0 atom stereocenters. The van der Waals surface area contributed by atoms with Crippen LogP contribution in [0.15, 0.2) is 53.6 Å². The van der Waals surface area contributed by atoms with Crippen molar-refractivity contribution >= 4 is 18.1 Å². The Hall–Kier alpha value is -3.66. The summed E-state index contributed by atoms with van der Waals surface area (Å²) in [5.74, 6) is -1.25. The number of hydrogen-bond donors (Lipinski definition) is 1. The molecular weight excluding hydrogens is 310 g/mol. The predicted octanol–water partition coefficient (Wildman–Crippen LogP) is 0.451. The number of nitriles is 1. The minimum Gasteiger partial charge on any atom is -0.545 e. The van der Waals surface area contributed by atoms with Crippen LogP contribution in [0.3, 0.4) is 0 Å². The summed E-state index contributed by atoms with van der Waals surface area (Å²) in [4.78, 5) is 22.2. The van der Waals surface area contributed by atoms with Crippen LogP contribution in [0.4, 0.5) is 0 Å². The number of carbonyl (C=O) groups is 2. The molecule has 2 aromatic rings. The summed E-state index contributed by atoms with van der Waals surface area (Å²) >= 11 is 0. The highest BCUT2D eigenvalue weighted by Gasteiger charge is 2.01. The minimum atomic E-state index is -1.26. The Morgan fingerprint density at radius 2 is 1.83 bits per heavy atom. The van der Waals surface area contributed by atoms with Crippen LogP contribution in [0.25, 0.3) is 0 Å². The van der Waals surface area contributed by atoms with Crippen molar-refractivity contribution in [3.63, 3.8) is 0 Å². The highest BCUT2D eigenvalue weighted by Crippen LogP contribution is 2.11. The number of carbonyl (C=O) groups excluding carboxylic acids is 2. The average Bonchev–Trinajstić information content (AvgIpc) is 2.61. The predicted molar refractivity (Wildman–Crippen MR) is 83.2 cm³/mol. The number of carboxylic acid groups (broad SMARTS) is 1. The van der Waals surface area contributed by atoms with E-state index in [9.17, 15) is 14.7 Å². The monoisotopic (exact) mass is 322 g/mol. The first-order chi connectivity index (χ1) is 11.6. The Bertz CT molecular complexity index is 790. The molecule has 0 saturated heterocycles. The molecule has 0 radical (unpaired) electrons. The summed E-state index contributed by atoms with van der Waals surface area (Å²) in [5.41, 5.74) is 3.47. The third-order valence-electron chi connectivity index (χ3n) is 2.90. The maximum atomic E-state index is 11.6. The second-order valence-corrected chi connectivity index (χ2v) is 4.63. The lowest BCUT2D eigenvalue weighted by molar-refractivity contribution is -0.255. The summed E-state index contributed by atoms with van der Waals surface area (Å²) in [6, 6.07) is 14.2. The van der Waals surface area contributed by atoms with Crippen molar-refractivity contribution in [2.75, 3.05) is 6.61 Å². The van der Waals surface area contributed by atoms with Crippen LogP contribution in [-0.2, 0) is 4.79 Å². The molecule has 7 nitrogen and oxygen atoms in total. The highest BCUT2D eigenvalue weighted by atomic mass is 16.5. The topological polar surface area (TPSA) is 115 Å². The number of hydrogen-bond acceptors (Lipinski definition) is 6. The van der Waals surface area contributed by atoms with Crippen LogP contribution in [0.2, 0.25) is 0 Å². The maximum Gasteiger partial charge on any atom is 0.277 e. The van der Waals surface area contributed by atoms with Crippen LogP contribution < -0.4 is 15.3 Å². The maximum absolute atomic E-state index is 11.6. The molecule has 0 heterocycles. The van der Waals surface area contributed by atoms with Gasteiger partial charge in [-0.05, 0) is 35.4 Å². The van der Waals surface area contributed by atoms with Gasteiger partial charge in [0.2, 0.25) is 0 Å². The van der Waals surface area contributed by atoms with Crippen molar-refractivity contribution < 1.29 is 19.4 Å². The van der Waals surface area contributed by atoms with E-state index < -0.39 is 11.9 Å².